The molecule has 6 aromatic rings. The van der Waals surface area contributed by atoms with Crippen LogP contribution in [0.2, 0.25) is 0 Å². The first-order valence-electron chi connectivity index (χ1n) is 12.5. The average molecular weight is 522 g/mol. The number of pyridine rings is 2. The second-order valence-corrected chi connectivity index (χ2v) is 9.91. The third kappa shape index (κ3) is 4.74. The SMILES string of the molecule is C=C(CC(C)C)Nc1cncc(-c2ccc3[nH]nc(-c4nc5c(-c6cc(F)ccc6F)cncc5[nH]4)c3c2)c1. The van der Waals surface area contributed by atoms with Crippen molar-refractivity contribution in [1.82, 2.24) is 30.1 Å². The minimum atomic E-state index is -0.553. The van der Waals surface area contributed by atoms with Crippen LogP contribution >= 0.6 is 0 Å². The Hall–Kier alpha value is -4.92. The molecule has 3 N–H and O–H groups in total. The molecule has 0 atom stereocenters. The average Bonchev–Trinajstić information content (AvgIpc) is 3.53. The predicted octanol–water partition coefficient (Wildman–Crippen LogP) is 7.48. The van der Waals surface area contributed by atoms with Gasteiger partial charge in [-0.1, -0.05) is 26.5 Å². The van der Waals surface area contributed by atoms with Crippen LogP contribution in [0, 0.1) is 17.6 Å². The number of nitrogens with zero attached hydrogens (tertiary/aromatic N) is 4. The molecule has 0 bridgehead atoms. The summed E-state index contributed by atoms with van der Waals surface area (Å²) in [6.45, 7) is 8.42. The summed E-state index contributed by atoms with van der Waals surface area (Å²) in [5.74, 6) is -0.106. The molecule has 0 aliphatic heterocycles. The van der Waals surface area contributed by atoms with Gasteiger partial charge < -0.3 is 10.3 Å². The van der Waals surface area contributed by atoms with Gasteiger partial charge in [-0.25, -0.2) is 13.8 Å². The number of hydrogen-bond donors (Lipinski definition) is 3. The third-order valence-corrected chi connectivity index (χ3v) is 6.45. The monoisotopic (exact) mass is 521 g/mol. The Morgan fingerprint density at radius 3 is 2.62 bits per heavy atom. The number of hydrogen-bond acceptors (Lipinski definition) is 5. The van der Waals surface area contributed by atoms with E-state index in [0.717, 1.165) is 58.0 Å². The zero-order valence-electron chi connectivity index (χ0n) is 21.4. The molecule has 0 saturated carbocycles. The van der Waals surface area contributed by atoms with Crippen molar-refractivity contribution in [3.05, 3.63) is 91.2 Å². The van der Waals surface area contributed by atoms with Gasteiger partial charge in [0.25, 0.3) is 0 Å². The van der Waals surface area contributed by atoms with Crippen molar-refractivity contribution < 1.29 is 8.78 Å². The van der Waals surface area contributed by atoms with Gasteiger partial charge in [-0.3, -0.25) is 15.1 Å². The Kier molecular flexibility index (Phi) is 6.11. The summed E-state index contributed by atoms with van der Waals surface area (Å²) in [5.41, 5.74) is 6.67. The zero-order valence-corrected chi connectivity index (χ0v) is 21.4. The van der Waals surface area contributed by atoms with Gasteiger partial charge in [0, 0.05) is 40.2 Å². The van der Waals surface area contributed by atoms with E-state index in [4.69, 9.17) is 4.98 Å². The van der Waals surface area contributed by atoms with Crippen molar-refractivity contribution in [2.24, 2.45) is 5.92 Å². The fourth-order valence-electron chi connectivity index (χ4n) is 4.73. The smallest absolute Gasteiger partial charge is 0.159 e. The van der Waals surface area contributed by atoms with Crippen molar-refractivity contribution >= 4 is 27.6 Å². The fourth-order valence-corrected chi connectivity index (χ4v) is 4.73. The summed E-state index contributed by atoms with van der Waals surface area (Å²) >= 11 is 0. The normalized spacial score (nSPS) is 11.5. The minimum Gasteiger partial charge on any atom is -0.358 e. The second kappa shape index (κ2) is 9.75. The van der Waals surface area contributed by atoms with E-state index in [-0.39, 0.29) is 5.56 Å². The lowest BCUT2D eigenvalue weighted by Gasteiger charge is -2.12. The molecule has 0 fully saturated rings. The molecule has 0 aliphatic carbocycles. The molecule has 9 heteroatoms. The topological polar surface area (TPSA) is 95.2 Å². The van der Waals surface area contributed by atoms with Crippen LogP contribution in [0.4, 0.5) is 14.5 Å². The van der Waals surface area contributed by atoms with Gasteiger partial charge in [0.2, 0.25) is 0 Å². The van der Waals surface area contributed by atoms with Crippen LogP contribution in [-0.4, -0.2) is 30.1 Å². The number of aromatic nitrogens is 6. The van der Waals surface area contributed by atoms with E-state index in [0.29, 0.717) is 34.0 Å². The first-order chi connectivity index (χ1) is 18.9. The Labute approximate surface area is 223 Å². The van der Waals surface area contributed by atoms with Gasteiger partial charge in [-0.2, -0.15) is 5.10 Å². The summed E-state index contributed by atoms with van der Waals surface area (Å²) in [5, 5.41) is 11.7. The number of rotatable bonds is 7. The number of anilines is 1. The van der Waals surface area contributed by atoms with Crippen LogP contribution in [-0.2, 0) is 0 Å². The first-order valence-corrected chi connectivity index (χ1v) is 12.5. The van der Waals surface area contributed by atoms with Crippen molar-refractivity contribution in [3.63, 3.8) is 0 Å². The van der Waals surface area contributed by atoms with E-state index in [1.165, 1.54) is 6.20 Å². The Morgan fingerprint density at radius 1 is 0.923 bits per heavy atom. The van der Waals surface area contributed by atoms with Gasteiger partial charge in [-0.05, 0) is 54.3 Å². The first kappa shape index (κ1) is 24.4. The van der Waals surface area contributed by atoms with Gasteiger partial charge in [0.1, 0.15) is 22.8 Å². The number of imidazole rings is 1. The highest BCUT2D eigenvalue weighted by Crippen LogP contribution is 2.34. The predicted molar refractivity (Wildman–Crippen MR) is 150 cm³/mol. The summed E-state index contributed by atoms with van der Waals surface area (Å²) in [6, 6.07) is 11.3. The summed E-state index contributed by atoms with van der Waals surface area (Å²) in [7, 11) is 0. The molecule has 39 heavy (non-hydrogen) atoms. The van der Waals surface area contributed by atoms with E-state index in [2.05, 4.69) is 50.9 Å². The van der Waals surface area contributed by atoms with Crippen LogP contribution in [0.15, 0.2) is 79.5 Å². The molecule has 0 saturated heterocycles. The highest BCUT2D eigenvalue weighted by molar-refractivity contribution is 5.98. The summed E-state index contributed by atoms with van der Waals surface area (Å²) in [6.07, 6.45) is 7.54. The quantitative estimate of drug-likeness (QED) is 0.202. The lowest BCUT2D eigenvalue weighted by atomic mass is 10.0. The standard InChI is InChI=1S/C30H25F2N7/c1-16(2)8-17(3)35-21-9-19(12-33-13-21)18-4-7-26-23(10-18)29(39-38-26)30-36-27-15-34-14-24(28(27)37-30)22-11-20(31)5-6-25(22)32/h4-7,9-16,35H,3,8H2,1-2H3,(H,36,37)(H,38,39). The largest absolute Gasteiger partial charge is 0.358 e. The van der Waals surface area contributed by atoms with Crippen LogP contribution in [0.3, 0.4) is 0 Å². The maximum Gasteiger partial charge on any atom is 0.159 e. The molecule has 0 unspecified atom stereocenters. The van der Waals surface area contributed by atoms with Gasteiger partial charge in [0.15, 0.2) is 5.82 Å². The van der Waals surface area contributed by atoms with Crippen LogP contribution in [0.1, 0.15) is 20.3 Å². The van der Waals surface area contributed by atoms with E-state index < -0.39 is 11.6 Å². The summed E-state index contributed by atoms with van der Waals surface area (Å²) < 4.78 is 28.5. The second-order valence-electron chi connectivity index (χ2n) is 9.91. The van der Waals surface area contributed by atoms with E-state index in [9.17, 15) is 8.78 Å². The Balaban J connectivity index is 1.39. The van der Waals surface area contributed by atoms with Gasteiger partial charge in [0.05, 0.1) is 29.1 Å². The molecule has 194 valence electrons. The minimum absolute atomic E-state index is 0.0948. The highest BCUT2D eigenvalue weighted by atomic mass is 19.1. The van der Waals surface area contributed by atoms with Crippen molar-refractivity contribution in [3.8, 4) is 33.8 Å². The molecule has 2 aromatic carbocycles. The number of fused-ring (bicyclic) bond motifs is 2. The van der Waals surface area contributed by atoms with Crippen molar-refractivity contribution in [1.29, 1.82) is 0 Å². The van der Waals surface area contributed by atoms with E-state index >= 15 is 0 Å². The van der Waals surface area contributed by atoms with E-state index in [1.54, 1.807) is 12.4 Å². The molecular formula is C30H25F2N7. The van der Waals surface area contributed by atoms with Crippen LogP contribution in [0.5, 0.6) is 0 Å². The molecular weight excluding hydrogens is 496 g/mol. The molecule has 4 aromatic heterocycles. The summed E-state index contributed by atoms with van der Waals surface area (Å²) in [4.78, 5) is 16.6. The number of nitrogens with one attached hydrogen (secondary N) is 3. The molecule has 0 amide bonds. The molecule has 7 nitrogen and oxygen atoms in total. The molecule has 0 radical (unpaired) electrons. The van der Waals surface area contributed by atoms with Gasteiger partial charge in [-0.15, -0.1) is 0 Å². The molecule has 0 aliphatic rings. The molecule has 0 spiro atoms. The van der Waals surface area contributed by atoms with Crippen molar-refractivity contribution in [2.75, 3.05) is 5.32 Å². The number of aromatic amines is 2. The lowest BCUT2D eigenvalue weighted by Crippen LogP contribution is -2.02. The highest BCUT2D eigenvalue weighted by Gasteiger charge is 2.18. The number of benzene rings is 2. The number of H-pyrrole nitrogens is 2. The maximum absolute atomic E-state index is 14.6. The van der Waals surface area contributed by atoms with E-state index in [1.807, 2.05) is 30.5 Å². The Morgan fingerprint density at radius 2 is 1.77 bits per heavy atom. The van der Waals surface area contributed by atoms with Crippen molar-refractivity contribution in [2.45, 2.75) is 20.3 Å². The fraction of sp³-hybridized carbons (Fsp3) is 0.133. The molecule has 6 rings (SSSR count). The Bertz CT molecular complexity index is 1850. The molecule has 4 heterocycles. The lowest BCUT2D eigenvalue weighted by molar-refractivity contribution is 0.603. The van der Waals surface area contributed by atoms with Crippen LogP contribution < -0.4 is 5.32 Å². The number of halogens is 2. The zero-order chi connectivity index (χ0) is 27.1. The third-order valence-electron chi connectivity index (χ3n) is 6.45. The maximum atomic E-state index is 14.6. The number of allylic oxidation sites excluding steroid dienone is 1. The van der Waals surface area contributed by atoms with Crippen LogP contribution in [0.25, 0.3) is 55.7 Å². The van der Waals surface area contributed by atoms with Gasteiger partial charge >= 0.3 is 0 Å².